The van der Waals surface area contributed by atoms with Gasteiger partial charge >= 0.3 is 0 Å². The van der Waals surface area contributed by atoms with Gasteiger partial charge in [-0.25, -0.2) is 13.2 Å². The first kappa shape index (κ1) is 31.2. The molecule has 2 N–H and O–H groups in total. The van der Waals surface area contributed by atoms with Crippen molar-refractivity contribution in [3.63, 3.8) is 0 Å². The lowest BCUT2D eigenvalue weighted by atomic mass is 9.80. The quantitative estimate of drug-likeness (QED) is 0.327. The molecule has 0 aromatic heterocycles. The molecule has 1 saturated heterocycles. The molecular formula is C31H39ClF3N3O3. The summed E-state index contributed by atoms with van der Waals surface area (Å²) in [6, 6.07) is 11.4. The van der Waals surface area contributed by atoms with Gasteiger partial charge in [0.25, 0.3) is 0 Å². The summed E-state index contributed by atoms with van der Waals surface area (Å²) < 4.78 is 46.8. The van der Waals surface area contributed by atoms with E-state index in [1.54, 1.807) is 36.4 Å². The van der Waals surface area contributed by atoms with Crippen LogP contribution < -0.4 is 15.4 Å². The zero-order valence-electron chi connectivity index (χ0n) is 24.0. The maximum Gasteiger partial charge on any atom is 0.249 e. The lowest BCUT2D eigenvalue weighted by molar-refractivity contribution is -0.150. The first-order valence-electron chi connectivity index (χ1n) is 14.1. The Hall–Kier alpha value is -2.78. The van der Waals surface area contributed by atoms with Crippen molar-refractivity contribution in [2.24, 2.45) is 11.8 Å². The number of amides is 2. The highest BCUT2D eigenvalue weighted by molar-refractivity contribution is 6.30. The van der Waals surface area contributed by atoms with E-state index >= 15 is 4.39 Å². The Morgan fingerprint density at radius 3 is 2.37 bits per heavy atom. The number of likely N-dealkylation sites (tertiary alicyclic amines) is 1. The van der Waals surface area contributed by atoms with Crippen molar-refractivity contribution in [1.82, 2.24) is 15.5 Å². The molecule has 2 amide bonds. The molecule has 0 spiro atoms. The number of methoxy groups -OCH3 is 1. The Morgan fingerprint density at radius 2 is 1.78 bits per heavy atom. The number of benzene rings is 2. The second kappa shape index (κ2) is 12.6. The van der Waals surface area contributed by atoms with E-state index in [9.17, 15) is 18.4 Å². The second-order valence-electron chi connectivity index (χ2n) is 12.2. The molecule has 1 saturated carbocycles. The number of halogens is 4. The molecule has 1 aliphatic carbocycles. The predicted molar refractivity (Wildman–Crippen MR) is 153 cm³/mol. The van der Waals surface area contributed by atoms with Crippen LogP contribution in [0.1, 0.15) is 69.5 Å². The normalized spacial score (nSPS) is 21.7. The average Bonchev–Trinajstić information content (AvgIpc) is 3.35. The topological polar surface area (TPSA) is 70.7 Å². The average molecular weight is 594 g/mol. The fraction of sp³-hybridized carbons (Fsp3) is 0.548. The van der Waals surface area contributed by atoms with Crippen molar-refractivity contribution in [2.75, 3.05) is 26.7 Å². The van der Waals surface area contributed by atoms with Gasteiger partial charge in [-0.2, -0.15) is 0 Å². The number of rotatable bonds is 10. The number of carbonyl (C=O) groups is 2. The van der Waals surface area contributed by atoms with Gasteiger partial charge in [0.15, 0.2) is 0 Å². The molecule has 10 heteroatoms. The molecular weight excluding hydrogens is 555 g/mol. The highest BCUT2D eigenvalue weighted by Crippen LogP contribution is 2.43. The molecule has 1 heterocycles. The highest BCUT2D eigenvalue weighted by atomic mass is 35.5. The van der Waals surface area contributed by atoms with E-state index in [4.69, 9.17) is 16.3 Å². The third kappa shape index (κ3) is 7.74. The Labute approximate surface area is 245 Å². The number of hydrogen-bond donors (Lipinski definition) is 2. The van der Waals surface area contributed by atoms with Crippen LogP contribution in [0.5, 0.6) is 5.75 Å². The van der Waals surface area contributed by atoms with Gasteiger partial charge in [0.05, 0.1) is 19.1 Å². The van der Waals surface area contributed by atoms with Gasteiger partial charge in [-0.3, -0.25) is 14.5 Å². The number of nitrogens with zero attached hydrogens (tertiary/aromatic N) is 1. The summed E-state index contributed by atoms with van der Waals surface area (Å²) in [5, 5.41) is 6.48. The van der Waals surface area contributed by atoms with E-state index in [1.165, 1.54) is 13.2 Å². The first-order valence-corrected chi connectivity index (χ1v) is 14.4. The van der Waals surface area contributed by atoms with Gasteiger partial charge < -0.3 is 15.4 Å². The standard InChI is InChI=1S/C31H39ClF3N3O3/c1-30(2,3)38-17-24(23-12-11-22(41-4)14-26(23)33)25(18-38)29(40)36-13-5-6-27(19-7-9-21(32)10-8-19)37-28(39)20-15-31(34,35)16-20/h7-12,14,20,24-25,27H,5-6,13,15-18H2,1-4H3,(H,36,40)(H,37,39)/t24-,25+,27-/m0/s1. The SMILES string of the molecule is COc1ccc([C@@H]2CN(C(C)(C)C)C[C@H]2C(=O)NCCC[C@H](NC(=O)C2CC(F)(F)C2)c2ccc(Cl)cc2)c(F)c1. The van der Waals surface area contributed by atoms with Crippen LogP contribution in [-0.2, 0) is 9.59 Å². The molecule has 3 atom stereocenters. The maximum absolute atomic E-state index is 15.0. The molecule has 0 radical (unpaired) electrons. The van der Waals surface area contributed by atoms with E-state index in [0.717, 1.165) is 5.56 Å². The summed E-state index contributed by atoms with van der Waals surface area (Å²) in [4.78, 5) is 28.3. The molecule has 0 bridgehead atoms. The van der Waals surface area contributed by atoms with Crippen LogP contribution in [0.4, 0.5) is 13.2 Å². The summed E-state index contributed by atoms with van der Waals surface area (Å²) in [5.41, 5.74) is 1.11. The number of nitrogens with one attached hydrogen (secondary N) is 2. The molecule has 6 nitrogen and oxygen atoms in total. The van der Waals surface area contributed by atoms with E-state index < -0.39 is 48.4 Å². The van der Waals surface area contributed by atoms with E-state index in [-0.39, 0.29) is 17.4 Å². The van der Waals surface area contributed by atoms with Crippen molar-refractivity contribution < 1.29 is 27.5 Å². The largest absolute Gasteiger partial charge is 0.497 e. The first-order chi connectivity index (χ1) is 19.3. The fourth-order valence-corrected chi connectivity index (χ4v) is 5.80. The Bertz CT molecular complexity index is 1230. The zero-order chi connectivity index (χ0) is 29.9. The molecule has 2 aromatic rings. The minimum atomic E-state index is -2.78. The second-order valence-corrected chi connectivity index (χ2v) is 12.6. The third-order valence-corrected chi connectivity index (χ3v) is 8.48. The smallest absolute Gasteiger partial charge is 0.249 e. The third-order valence-electron chi connectivity index (χ3n) is 8.23. The van der Waals surface area contributed by atoms with Gasteiger partial charge in [0, 0.05) is 60.9 Å². The van der Waals surface area contributed by atoms with Gasteiger partial charge in [-0.1, -0.05) is 29.8 Å². The monoisotopic (exact) mass is 593 g/mol. The fourth-order valence-electron chi connectivity index (χ4n) is 5.67. The lowest BCUT2D eigenvalue weighted by Crippen LogP contribution is -2.46. The number of alkyl halides is 2. The molecule has 0 unspecified atom stereocenters. The van der Waals surface area contributed by atoms with Crippen LogP contribution >= 0.6 is 11.6 Å². The van der Waals surface area contributed by atoms with E-state index in [0.29, 0.717) is 48.8 Å². The Balaban J connectivity index is 1.39. The number of hydrogen-bond acceptors (Lipinski definition) is 4. The summed E-state index contributed by atoms with van der Waals surface area (Å²) in [6.07, 6.45) is 0.153. The molecule has 2 aliphatic rings. The van der Waals surface area contributed by atoms with Crippen LogP contribution in [0.2, 0.25) is 5.02 Å². The molecule has 2 aromatic carbocycles. The van der Waals surface area contributed by atoms with Crippen molar-refractivity contribution in [1.29, 1.82) is 0 Å². The van der Waals surface area contributed by atoms with Crippen LogP contribution in [0.15, 0.2) is 42.5 Å². The van der Waals surface area contributed by atoms with Crippen molar-refractivity contribution >= 4 is 23.4 Å². The van der Waals surface area contributed by atoms with Crippen LogP contribution in [0.3, 0.4) is 0 Å². The summed E-state index contributed by atoms with van der Waals surface area (Å²) in [7, 11) is 1.48. The highest BCUT2D eigenvalue weighted by Gasteiger charge is 2.49. The summed E-state index contributed by atoms with van der Waals surface area (Å²) in [6.45, 7) is 7.63. The van der Waals surface area contributed by atoms with Crippen LogP contribution in [0.25, 0.3) is 0 Å². The molecule has 2 fully saturated rings. The van der Waals surface area contributed by atoms with Crippen molar-refractivity contribution in [2.45, 2.75) is 69.9 Å². The maximum atomic E-state index is 15.0. The Morgan fingerprint density at radius 1 is 1.10 bits per heavy atom. The molecule has 1 aliphatic heterocycles. The van der Waals surface area contributed by atoms with E-state index in [1.807, 2.05) is 0 Å². The molecule has 4 rings (SSSR count). The van der Waals surface area contributed by atoms with Gasteiger partial charge in [-0.05, 0) is 62.9 Å². The molecule has 41 heavy (non-hydrogen) atoms. The van der Waals surface area contributed by atoms with Crippen molar-refractivity contribution in [3.8, 4) is 5.75 Å². The van der Waals surface area contributed by atoms with Crippen LogP contribution in [-0.4, -0.2) is 54.9 Å². The lowest BCUT2D eigenvalue weighted by Gasteiger charge is -2.35. The zero-order valence-corrected chi connectivity index (χ0v) is 24.7. The van der Waals surface area contributed by atoms with Gasteiger partial charge in [-0.15, -0.1) is 0 Å². The summed E-state index contributed by atoms with van der Waals surface area (Å²) in [5.74, 6) is -4.76. The van der Waals surface area contributed by atoms with Gasteiger partial charge in [0.2, 0.25) is 17.7 Å². The van der Waals surface area contributed by atoms with Gasteiger partial charge in [0.1, 0.15) is 11.6 Å². The predicted octanol–water partition coefficient (Wildman–Crippen LogP) is 6.10. The Kier molecular flexibility index (Phi) is 9.59. The molecule has 224 valence electrons. The van der Waals surface area contributed by atoms with E-state index in [2.05, 4.69) is 36.3 Å². The summed E-state index contributed by atoms with van der Waals surface area (Å²) >= 11 is 6.03. The number of carbonyl (C=O) groups excluding carboxylic acids is 2. The van der Waals surface area contributed by atoms with Crippen LogP contribution in [0, 0.1) is 17.7 Å². The minimum Gasteiger partial charge on any atom is -0.497 e. The minimum absolute atomic E-state index is 0.152. The number of ether oxygens (including phenoxy) is 1. The van der Waals surface area contributed by atoms with Crippen molar-refractivity contribution in [3.05, 3.63) is 64.4 Å².